The highest BCUT2D eigenvalue weighted by Crippen LogP contribution is 2.36. The fourth-order valence-corrected chi connectivity index (χ4v) is 1.69. The summed E-state index contributed by atoms with van der Waals surface area (Å²) < 4.78 is 5.28. The fourth-order valence-electron chi connectivity index (χ4n) is 1.69. The van der Waals surface area contributed by atoms with E-state index in [1.54, 1.807) is 4.90 Å². The van der Waals surface area contributed by atoms with E-state index in [1.165, 1.54) is 0 Å². The Labute approximate surface area is 91.2 Å². The zero-order valence-electron chi connectivity index (χ0n) is 10.2. The number of nitrogens with zero attached hydrogens (tertiary/aromatic N) is 1. The molecule has 1 aliphatic rings. The van der Waals surface area contributed by atoms with Crippen molar-refractivity contribution < 1.29 is 14.6 Å². The molecule has 4 heteroatoms. The van der Waals surface area contributed by atoms with Crippen molar-refractivity contribution in [3.63, 3.8) is 0 Å². The van der Waals surface area contributed by atoms with Crippen LogP contribution in [0.15, 0.2) is 0 Å². The molecule has 1 N–H and O–H groups in total. The first kappa shape index (κ1) is 12.3. The molecule has 15 heavy (non-hydrogen) atoms. The maximum Gasteiger partial charge on any atom is 0.410 e. The Balaban J connectivity index is 2.58. The summed E-state index contributed by atoms with van der Waals surface area (Å²) in [6.07, 6.45) is -0.294. The number of hydrogen-bond donors (Lipinski definition) is 1. The highest BCUT2D eigenvalue weighted by atomic mass is 16.6. The Morgan fingerprint density at radius 1 is 1.53 bits per heavy atom. The van der Waals surface area contributed by atoms with Crippen LogP contribution in [0.5, 0.6) is 0 Å². The Morgan fingerprint density at radius 3 is 2.40 bits per heavy atom. The molecule has 0 saturated carbocycles. The monoisotopic (exact) mass is 215 g/mol. The van der Waals surface area contributed by atoms with Crippen LogP contribution in [0.4, 0.5) is 4.79 Å². The summed E-state index contributed by atoms with van der Waals surface area (Å²) in [5.41, 5.74) is -0.755. The van der Waals surface area contributed by atoms with Gasteiger partial charge in [0.25, 0.3) is 0 Å². The molecule has 0 aromatic heterocycles. The second-order valence-corrected chi connectivity index (χ2v) is 5.62. The molecule has 0 aliphatic carbocycles. The van der Waals surface area contributed by atoms with Crippen LogP contribution in [0.3, 0.4) is 0 Å². The van der Waals surface area contributed by atoms with Gasteiger partial charge in [0, 0.05) is 24.6 Å². The number of aliphatic hydroxyl groups excluding tert-OH is 1. The molecule has 0 unspecified atom stereocenters. The highest BCUT2D eigenvalue weighted by molar-refractivity contribution is 5.70. The van der Waals surface area contributed by atoms with Gasteiger partial charge in [0.1, 0.15) is 5.60 Å². The molecule has 0 spiro atoms. The van der Waals surface area contributed by atoms with E-state index in [1.807, 2.05) is 34.6 Å². The van der Waals surface area contributed by atoms with Gasteiger partial charge in [-0.25, -0.2) is 4.79 Å². The van der Waals surface area contributed by atoms with Crippen molar-refractivity contribution in [2.45, 2.75) is 45.8 Å². The van der Waals surface area contributed by atoms with Gasteiger partial charge in [0.15, 0.2) is 0 Å². The number of carbonyl (C=O) groups is 1. The van der Waals surface area contributed by atoms with Crippen LogP contribution in [0.25, 0.3) is 0 Å². The normalized spacial score (nSPS) is 24.7. The van der Waals surface area contributed by atoms with Gasteiger partial charge in [-0.2, -0.15) is 0 Å². The van der Waals surface area contributed by atoms with Crippen LogP contribution in [-0.4, -0.2) is 40.4 Å². The fraction of sp³-hybridized carbons (Fsp3) is 0.909. The van der Waals surface area contributed by atoms with E-state index < -0.39 is 5.60 Å². The van der Waals surface area contributed by atoms with Crippen molar-refractivity contribution in [3.05, 3.63) is 0 Å². The Morgan fingerprint density at radius 2 is 2.07 bits per heavy atom. The minimum Gasteiger partial charge on any atom is -0.444 e. The summed E-state index contributed by atoms with van der Waals surface area (Å²) in [6.45, 7) is 10.1. The smallest absolute Gasteiger partial charge is 0.410 e. The molecule has 0 radical (unpaired) electrons. The maximum absolute atomic E-state index is 11.7. The number of carbonyl (C=O) groups excluding carboxylic acids is 1. The molecule has 0 bridgehead atoms. The first-order valence-electron chi connectivity index (χ1n) is 5.30. The number of hydrogen-bond acceptors (Lipinski definition) is 3. The van der Waals surface area contributed by atoms with E-state index in [2.05, 4.69) is 0 Å². The predicted octanol–water partition coefficient (Wildman–Crippen LogP) is 1.62. The molecule has 4 nitrogen and oxygen atoms in total. The van der Waals surface area contributed by atoms with E-state index in [0.717, 1.165) is 0 Å². The summed E-state index contributed by atoms with van der Waals surface area (Å²) in [5.74, 6) is 0.157. The molecule has 1 rings (SSSR count). The van der Waals surface area contributed by atoms with Gasteiger partial charge in [-0.05, 0) is 34.6 Å². The number of likely N-dealkylation sites (tertiary alicyclic amines) is 1. The lowest BCUT2D eigenvalue weighted by Crippen LogP contribution is -2.67. The summed E-state index contributed by atoms with van der Waals surface area (Å²) >= 11 is 0. The second kappa shape index (κ2) is 3.67. The SMILES string of the molecule is CC(C)(C)OC(=O)N1C[C@H](CO)C1(C)C. The van der Waals surface area contributed by atoms with E-state index in [9.17, 15) is 4.79 Å². The van der Waals surface area contributed by atoms with Crippen LogP contribution < -0.4 is 0 Å². The van der Waals surface area contributed by atoms with Crippen LogP contribution in [-0.2, 0) is 4.74 Å². The zero-order valence-corrected chi connectivity index (χ0v) is 10.2. The summed E-state index contributed by atoms with van der Waals surface area (Å²) in [6, 6.07) is 0. The molecule has 1 fully saturated rings. The number of amides is 1. The van der Waals surface area contributed by atoms with Gasteiger partial charge in [0.2, 0.25) is 0 Å². The van der Waals surface area contributed by atoms with Gasteiger partial charge in [-0.1, -0.05) is 0 Å². The number of aliphatic hydroxyl groups is 1. The number of rotatable bonds is 1. The lowest BCUT2D eigenvalue weighted by molar-refractivity contribution is -0.0833. The molecule has 0 aromatic carbocycles. The highest BCUT2D eigenvalue weighted by Gasteiger charge is 2.49. The number of ether oxygens (including phenoxy) is 1. The van der Waals surface area contributed by atoms with Crippen molar-refractivity contribution in [2.75, 3.05) is 13.2 Å². The standard InChI is InChI=1S/C11H21NO3/c1-10(2,3)15-9(14)12-6-8(7-13)11(12,4)5/h8,13H,6-7H2,1-5H3/t8-/m1/s1. The van der Waals surface area contributed by atoms with Gasteiger partial charge in [0.05, 0.1) is 0 Å². The Kier molecular flexibility index (Phi) is 3.01. The van der Waals surface area contributed by atoms with Crippen LogP contribution >= 0.6 is 0 Å². The molecule has 1 atom stereocenters. The molecular formula is C11H21NO3. The lowest BCUT2D eigenvalue weighted by atomic mass is 9.78. The second-order valence-electron chi connectivity index (χ2n) is 5.62. The topological polar surface area (TPSA) is 49.8 Å². The quantitative estimate of drug-likeness (QED) is 0.723. The lowest BCUT2D eigenvalue weighted by Gasteiger charge is -2.54. The van der Waals surface area contributed by atoms with Crippen molar-refractivity contribution in [1.29, 1.82) is 0 Å². The molecule has 1 heterocycles. The summed E-state index contributed by atoms with van der Waals surface area (Å²) in [5, 5.41) is 9.07. The Hall–Kier alpha value is -0.770. The average molecular weight is 215 g/mol. The minimum atomic E-state index is -0.461. The van der Waals surface area contributed by atoms with Gasteiger partial charge >= 0.3 is 6.09 Å². The third-order valence-electron chi connectivity index (χ3n) is 2.93. The van der Waals surface area contributed by atoms with Crippen molar-refractivity contribution >= 4 is 6.09 Å². The average Bonchev–Trinajstić information content (AvgIpc) is 1.99. The molecular weight excluding hydrogens is 194 g/mol. The van der Waals surface area contributed by atoms with Gasteiger partial charge in [-0.3, -0.25) is 0 Å². The molecule has 1 amide bonds. The molecule has 1 saturated heterocycles. The van der Waals surface area contributed by atoms with Crippen molar-refractivity contribution in [1.82, 2.24) is 4.90 Å². The van der Waals surface area contributed by atoms with E-state index >= 15 is 0 Å². The van der Waals surface area contributed by atoms with Crippen LogP contribution in [0, 0.1) is 5.92 Å². The van der Waals surface area contributed by atoms with E-state index in [4.69, 9.17) is 9.84 Å². The minimum absolute atomic E-state index is 0.117. The summed E-state index contributed by atoms with van der Waals surface area (Å²) in [7, 11) is 0. The van der Waals surface area contributed by atoms with E-state index in [0.29, 0.717) is 6.54 Å². The van der Waals surface area contributed by atoms with Gasteiger partial charge in [-0.15, -0.1) is 0 Å². The van der Waals surface area contributed by atoms with Crippen LogP contribution in [0.1, 0.15) is 34.6 Å². The van der Waals surface area contributed by atoms with Crippen molar-refractivity contribution in [3.8, 4) is 0 Å². The third kappa shape index (κ3) is 2.43. The molecule has 0 aromatic rings. The first-order chi connectivity index (χ1) is 6.68. The van der Waals surface area contributed by atoms with Crippen molar-refractivity contribution in [2.24, 2.45) is 5.92 Å². The zero-order chi connectivity index (χ0) is 11.9. The maximum atomic E-state index is 11.7. The summed E-state index contributed by atoms with van der Waals surface area (Å²) in [4.78, 5) is 13.4. The molecule has 88 valence electrons. The largest absolute Gasteiger partial charge is 0.444 e. The predicted molar refractivity (Wildman–Crippen MR) is 57.6 cm³/mol. The Bertz CT molecular complexity index is 255. The third-order valence-corrected chi connectivity index (χ3v) is 2.93. The first-order valence-corrected chi connectivity index (χ1v) is 5.30. The molecule has 1 aliphatic heterocycles. The van der Waals surface area contributed by atoms with Gasteiger partial charge < -0.3 is 14.7 Å². The van der Waals surface area contributed by atoms with E-state index in [-0.39, 0.29) is 24.2 Å². The van der Waals surface area contributed by atoms with Crippen LogP contribution in [0.2, 0.25) is 0 Å².